The van der Waals surface area contributed by atoms with Gasteiger partial charge in [0.15, 0.2) is 0 Å². The fraction of sp³-hybridized carbons (Fsp3) is 0.133. The molecular weight excluding hydrogens is 504 g/mol. The molecule has 0 amide bonds. The average molecular weight is 535 g/mol. The van der Waals surface area contributed by atoms with Gasteiger partial charge in [-0.05, 0) is 79.2 Å². The van der Waals surface area contributed by atoms with Gasteiger partial charge in [0.05, 0.1) is 11.1 Å². The van der Waals surface area contributed by atoms with Crippen molar-refractivity contribution in [1.29, 1.82) is 0 Å². The van der Waals surface area contributed by atoms with Crippen molar-refractivity contribution in [2.45, 2.75) is 21.8 Å². The number of carbonyl (C=O) groups excluding carboxylic acids is 4. The maximum atomic E-state index is 12.5. The minimum absolute atomic E-state index is 0. The van der Waals surface area contributed by atoms with Crippen molar-refractivity contribution in [2.75, 3.05) is 6.79 Å². The molecule has 0 aromatic heterocycles. The highest BCUT2D eigenvalue weighted by Crippen LogP contribution is 2.25. The third-order valence-corrected chi connectivity index (χ3v) is 4.72. The Morgan fingerprint density at radius 3 is 1.72 bits per heavy atom. The van der Waals surface area contributed by atoms with Crippen LogP contribution in [-0.2, 0) is 14.3 Å². The number of carbonyl (C=O) groups is 4. The van der Waals surface area contributed by atoms with Crippen LogP contribution in [0.1, 0.15) is 41.1 Å². The molecule has 3 aromatic carbocycles. The zero-order valence-corrected chi connectivity index (χ0v) is 19.8. The van der Waals surface area contributed by atoms with Gasteiger partial charge in [-0.2, -0.15) is 0 Å². The van der Waals surface area contributed by atoms with E-state index in [4.69, 9.17) is 23.7 Å². The maximum absolute atomic E-state index is 12.5. The fourth-order valence-electron chi connectivity index (χ4n) is 2.84. The van der Waals surface area contributed by atoms with Crippen molar-refractivity contribution in [3.05, 3.63) is 109 Å². The average Bonchev–Trinajstić information content (AvgIpc) is 2.90. The van der Waals surface area contributed by atoms with Crippen LogP contribution in [0, 0.1) is 6.92 Å². The lowest BCUT2D eigenvalue weighted by molar-refractivity contribution is -0.144. The van der Waals surface area contributed by atoms with Crippen molar-refractivity contribution in [3.8, 4) is 23.0 Å². The van der Waals surface area contributed by atoms with Crippen LogP contribution in [0.2, 0.25) is 0 Å². The molecule has 0 saturated carbocycles. The molecular formula is C30H30O9. The molecule has 204 valence electrons. The normalized spacial score (nSPS) is 9.46. The molecule has 0 unspecified atom stereocenters. The van der Waals surface area contributed by atoms with Crippen LogP contribution in [0.15, 0.2) is 92.0 Å². The van der Waals surface area contributed by atoms with Gasteiger partial charge in [-0.3, -0.25) is 0 Å². The Balaban J connectivity index is 0.00000380. The number of benzene rings is 3. The molecule has 0 heterocycles. The first-order valence-electron chi connectivity index (χ1n) is 10.8. The van der Waals surface area contributed by atoms with Crippen molar-refractivity contribution in [2.24, 2.45) is 0 Å². The minimum Gasteiger partial charge on any atom is -0.457 e. The second-order valence-corrected chi connectivity index (χ2v) is 7.31. The highest BCUT2D eigenvalue weighted by molar-refractivity contribution is 5.92. The van der Waals surface area contributed by atoms with E-state index < -0.39 is 23.9 Å². The van der Waals surface area contributed by atoms with Gasteiger partial charge in [0.1, 0.15) is 23.0 Å². The zero-order chi connectivity index (χ0) is 26.8. The zero-order valence-electron chi connectivity index (χ0n) is 19.8. The second kappa shape index (κ2) is 15.2. The van der Waals surface area contributed by atoms with Gasteiger partial charge in [-0.25, -0.2) is 19.2 Å². The van der Waals surface area contributed by atoms with E-state index in [1.165, 1.54) is 60.7 Å². The Morgan fingerprint density at radius 2 is 1.18 bits per heavy atom. The van der Waals surface area contributed by atoms with Gasteiger partial charge in [0.2, 0.25) is 6.79 Å². The van der Waals surface area contributed by atoms with Crippen molar-refractivity contribution in [3.63, 3.8) is 0 Å². The van der Waals surface area contributed by atoms with Crippen LogP contribution in [0.25, 0.3) is 0 Å². The second-order valence-electron chi connectivity index (χ2n) is 7.31. The van der Waals surface area contributed by atoms with Crippen LogP contribution in [0.3, 0.4) is 0 Å². The summed E-state index contributed by atoms with van der Waals surface area (Å²) in [6.45, 7) is 8.01. The summed E-state index contributed by atoms with van der Waals surface area (Å²) in [5.41, 5.74) is 1.08. The molecule has 0 aliphatic heterocycles. The Hall–Kier alpha value is -5.18. The summed E-state index contributed by atoms with van der Waals surface area (Å²) in [6.07, 6.45) is 2.05. The molecule has 9 nitrogen and oxygen atoms in total. The number of hydrogen-bond acceptors (Lipinski definition) is 9. The van der Waals surface area contributed by atoms with Crippen LogP contribution in [-0.4, -0.2) is 30.7 Å². The lowest BCUT2D eigenvalue weighted by atomic mass is 10.2. The Labute approximate surface area is 227 Å². The van der Waals surface area contributed by atoms with Gasteiger partial charge in [-0.15, -0.1) is 0 Å². The predicted octanol–water partition coefficient (Wildman–Crippen LogP) is 5.86. The molecule has 39 heavy (non-hydrogen) atoms. The highest BCUT2D eigenvalue weighted by Gasteiger charge is 2.14. The smallest absolute Gasteiger partial charge is 0.343 e. The molecule has 0 bridgehead atoms. The lowest BCUT2D eigenvalue weighted by Crippen LogP contribution is -2.11. The first-order valence-corrected chi connectivity index (χ1v) is 10.8. The molecule has 3 aromatic rings. The van der Waals surface area contributed by atoms with E-state index in [-0.39, 0.29) is 50.0 Å². The first kappa shape index (κ1) is 31.8. The molecule has 0 aliphatic carbocycles. The maximum Gasteiger partial charge on any atom is 0.343 e. The first-order chi connectivity index (χ1) is 17.8. The Bertz CT molecular complexity index is 1320. The molecule has 0 radical (unpaired) electrons. The largest absolute Gasteiger partial charge is 0.457 e. The van der Waals surface area contributed by atoms with Gasteiger partial charge < -0.3 is 23.7 Å². The van der Waals surface area contributed by atoms with Gasteiger partial charge in [0, 0.05) is 12.2 Å². The Kier molecular flexibility index (Phi) is 12.4. The standard InChI is InChI=1S/C28H22O9.2CH4/c1-4-25(29)34-17-33-21-10-6-19(7-11-21)27(31)36-23-14-15-24(18(3)16-23)37-28(32)20-8-12-22(13-9-20)35-26(30)5-2;;/h4-16H,1-2,17H2,3H3;2*1H4. The third-order valence-electron chi connectivity index (χ3n) is 4.72. The third kappa shape index (κ3) is 9.32. The topological polar surface area (TPSA) is 114 Å². The summed E-state index contributed by atoms with van der Waals surface area (Å²) in [4.78, 5) is 47.2. The van der Waals surface area contributed by atoms with Gasteiger partial charge in [0.25, 0.3) is 0 Å². The summed E-state index contributed by atoms with van der Waals surface area (Å²) in [5, 5.41) is 0. The fourth-order valence-corrected chi connectivity index (χ4v) is 2.84. The summed E-state index contributed by atoms with van der Waals surface area (Å²) >= 11 is 0. The van der Waals surface area contributed by atoms with Crippen molar-refractivity contribution >= 4 is 23.9 Å². The lowest BCUT2D eigenvalue weighted by Gasteiger charge is -2.11. The highest BCUT2D eigenvalue weighted by atomic mass is 16.7. The van der Waals surface area contributed by atoms with Crippen LogP contribution in [0.4, 0.5) is 0 Å². The van der Waals surface area contributed by atoms with Gasteiger partial charge in [-0.1, -0.05) is 28.0 Å². The molecule has 0 aliphatic rings. The Morgan fingerprint density at radius 1 is 0.667 bits per heavy atom. The summed E-state index contributed by atoms with van der Waals surface area (Å²) in [7, 11) is 0. The van der Waals surface area contributed by atoms with Crippen molar-refractivity contribution < 1.29 is 42.9 Å². The van der Waals surface area contributed by atoms with Crippen LogP contribution >= 0.6 is 0 Å². The van der Waals surface area contributed by atoms with E-state index in [0.717, 1.165) is 12.2 Å². The van der Waals surface area contributed by atoms with E-state index >= 15 is 0 Å². The van der Waals surface area contributed by atoms with Crippen LogP contribution in [0.5, 0.6) is 23.0 Å². The molecule has 0 atom stereocenters. The number of hydrogen-bond donors (Lipinski definition) is 0. The quantitative estimate of drug-likeness (QED) is 0.136. The van der Waals surface area contributed by atoms with E-state index in [1.807, 2.05) is 0 Å². The van der Waals surface area contributed by atoms with E-state index in [1.54, 1.807) is 13.0 Å². The number of ether oxygens (including phenoxy) is 5. The number of aryl methyl sites for hydroxylation is 1. The van der Waals surface area contributed by atoms with E-state index in [2.05, 4.69) is 13.2 Å². The number of rotatable bonds is 10. The predicted molar refractivity (Wildman–Crippen MR) is 145 cm³/mol. The summed E-state index contributed by atoms with van der Waals surface area (Å²) < 4.78 is 25.8. The SMILES string of the molecule is C.C.C=CC(=O)OCOc1ccc(C(=O)Oc2ccc(OC(=O)c3ccc(OC(=O)C=C)cc3)c(C)c2)cc1. The van der Waals surface area contributed by atoms with Crippen LogP contribution < -0.4 is 18.9 Å². The van der Waals surface area contributed by atoms with Crippen molar-refractivity contribution in [1.82, 2.24) is 0 Å². The van der Waals surface area contributed by atoms with E-state index in [0.29, 0.717) is 11.3 Å². The molecule has 0 saturated heterocycles. The molecule has 9 heteroatoms. The molecule has 0 N–H and O–H groups in total. The molecule has 3 rings (SSSR count). The monoisotopic (exact) mass is 534 g/mol. The minimum atomic E-state index is -0.615. The van der Waals surface area contributed by atoms with Gasteiger partial charge >= 0.3 is 23.9 Å². The molecule has 0 spiro atoms. The molecule has 0 fully saturated rings. The van der Waals surface area contributed by atoms with E-state index in [9.17, 15) is 19.2 Å². The summed E-state index contributed by atoms with van der Waals surface area (Å²) in [6, 6.07) is 16.5. The summed E-state index contributed by atoms with van der Waals surface area (Å²) in [5.74, 6) is -1.25. The number of esters is 4.